The zero-order chi connectivity index (χ0) is 17.3. The van der Waals surface area contributed by atoms with Gasteiger partial charge in [-0.15, -0.1) is 0 Å². The SMILES string of the molecule is CN(C(=O)c1ccc(Cl)c(N2CCNC2=O)c1)c1ccc(F)cc1. The van der Waals surface area contributed by atoms with E-state index in [1.807, 2.05) is 0 Å². The molecular formula is C17H15ClFN3O2. The molecule has 1 heterocycles. The van der Waals surface area contributed by atoms with Gasteiger partial charge in [0.15, 0.2) is 0 Å². The van der Waals surface area contributed by atoms with Gasteiger partial charge in [0.25, 0.3) is 5.91 Å². The van der Waals surface area contributed by atoms with Crippen molar-refractivity contribution in [2.75, 3.05) is 29.9 Å². The fourth-order valence-electron chi connectivity index (χ4n) is 2.53. The predicted octanol–water partition coefficient (Wildman–Crippen LogP) is 3.29. The van der Waals surface area contributed by atoms with Crippen molar-refractivity contribution in [1.82, 2.24) is 5.32 Å². The number of carbonyl (C=O) groups is 2. The normalized spacial score (nSPS) is 13.8. The van der Waals surface area contributed by atoms with Crippen LogP contribution in [0.2, 0.25) is 5.02 Å². The Bertz CT molecular complexity index is 795. The molecular weight excluding hydrogens is 333 g/mol. The monoisotopic (exact) mass is 347 g/mol. The Balaban J connectivity index is 1.90. The van der Waals surface area contributed by atoms with E-state index in [0.717, 1.165) is 0 Å². The lowest BCUT2D eigenvalue weighted by Crippen LogP contribution is -2.29. The summed E-state index contributed by atoms with van der Waals surface area (Å²) in [5.74, 6) is -0.646. The highest BCUT2D eigenvalue weighted by molar-refractivity contribution is 6.34. The maximum Gasteiger partial charge on any atom is 0.322 e. The van der Waals surface area contributed by atoms with Crippen molar-refractivity contribution in [2.24, 2.45) is 0 Å². The molecule has 0 atom stereocenters. The quantitative estimate of drug-likeness (QED) is 0.926. The molecule has 3 amide bonds. The molecule has 1 fully saturated rings. The molecule has 3 rings (SSSR count). The zero-order valence-corrected chi connectivity index (χ0v) is 13.7. The average Bonchev–Trinajstić information content (AvgIpc) is 3.00. The first kappa shape index (κ1) is 16.3. The van der Waals surface area contributed by atoms with Crippen LogP contribution < -0.4 is 15.1 Å². The van der Waals surface area contributed by atoms with Crippen LogP contribution in [-0.2, 0) is 0 Å². The number of nitrogens with one attached hydrogen (secondary N) is 1. The highest BCUT2D eigenvalue weighted by Crippen LogP contribution is 2.29. The summed E-state index contributed by atoms with van der Waals surface area (Å²) >= 11 is 6.17. The summed E-state index contributed by atoms with van der Waals surface area (Å²) < 4.78 is 13.0. The Kier molecular flexibility index (Phi) is 4.40. The van der Waals surface area contributed by atoms with Gasteiger partial charge in [-0.25, -0.2) is 9.18 Å². The zero-order valence-electron chi connectivity index (χ0n) is 12.9. The molecule has 0 radical (unpaired) electrons. The van der Waals surface area contributed by atoms with Crippen LogP contribution in [0.5, 0.6) is 0 Å². The highest BCUT2D eigenvalue weighted by Gasteiger charge is 2.24. The van der Waals surface area contributed by atoms with Crippen LogP contribution in [0.1, 0.15) is 10.4 Å². The van der Waals surface area contributed by atoms with Crippen LogP contribution in [-0.4, -0.2) is 32.1 Å². The summed E-state index contributed by atoms with van der Waals surface area (Å²) in [4.78, 5) is 27.4. The Labute approximate surface area is 143 Å². The second-order valence-corrected chi connectivity index (χ2v) is 5.80. The molecule has 5 nitrogen and oxygen atoms in total. The van der Waals surface area contributed by atoms with Crippen LogP contribution in [0, 0.1) is 5.82 Å². The largest absolute Gasteiger partial charge is 0.336 e. The van der Waals surface area contributed by atoms with E-state index in [4.69, 9.17) is 11.6 Å². The minimum absolute atomic E-state index is 0.242. The van der Waals surface area contributed by atoms with Crippen molar-refractivity contribution < 1.29 is 14.0 Å². The molecule has 1 N–H and O–H groups in total. The summed E-state index contributed by atoms with van der Waals surface area (Å²) in [5, 5.41) is 3.09. The number of nitrogens with zero attached hydrogens (tertiary/aromatic N) is 2. The van der Waals surface area contributed by atoms with Crippen molar-refractivity contribution in [3.05, 3.63) is 58.9 Å². The van der Waals surface area contributed by atoms with Gasteiger partial charge in [-0.1, -0.05) is 11.6 Å². The van der Waals surface area contributed by atoms with Crippen LogP contribution in [0.15, 0.2) is 42.5 Å². The Morgan fingerprint density at radius 1 is 1.25 bits per heavy atom. The second-order valence-electron chi connectivity index (χ2n) is 5.39. The third kappa shape index (κ3) is 3.05. The summed E-state index contributed by atoms with van der Waals surface area (Å²) in [6.45, 7) is 1.02. The van der Waals surface area contributed by atoms with E-state index in [0.29, 0.717) is 35.1 Å². The van der Waals surface area contributed by atoms with Crippen molar-refractivity contribution >= 4 is 34.9 Å². The molecule has 1 aliphatic heterocycles. The smallest absolute Gasteiger partial charge is 0.322 e. The number of anilines is 2. The van der Waals surface area contributed by atoms with Gasteiger partial charge in [0, 0.05) is 31.4 Å². The van der Waals surface area contributed by atoms with Crippen molar-refractivity contribution in [3.63, 3.8) is 0 Å². The Morgan fingerprint density at radius 2 is 1.96 bits per heavy atom. The summed E-state index contributed by atoms with van der Waals surface area (Å²) in [5.41, 5.74) is 1.45. The standard InChI is InChI=1S/C17H15ClFN3O2/c1-21(13-5-3-12(19)4-6-13)16(23)11-2-7-14(18)15(10-11)22-9-8-20-17(22)24/h2-7,10H,8-9H2,1H3,(H,20,24). The Hall–Kier alpha value is -2.60. The third-order valence-electron chi connectivity index (χ3n) is 3.86. The van der Waals surface area contributed by atoms with E-state index in [-0.39, 0.29) is 17.8 Å². The van der Waals surface area contributed by atoms with Gasteiger partial charge in [-0.3, -0.25) is 9.69 Å². The first-order valence-corrected chi connectivity index (χ1v) is 7.74. The highest BCUT2D eigenvalue weighted by atomic mass is 35.5. The number of carbonyl (C=O) groups excluding carboxylic acids is 2. The number of hydrogen-bond donors (Lipinski definition) is 1. The summed E-state index contributed by atoms with van der Waals surface area (Å²) in [6, 6.07) is 10.2. The number of halogens is 2. The van der Waals surface area contributed by atoms with Crippen LogP contribution in [0.25, 0.3) is 0 Å². The predicted molar refractivity (Wildman–Crippen MR) is 91.3 cm³/mol. The van der Waals surface area contributed by atoms with E-state index >= 15 is 0 Å². The molecule has 0 spiro atoms. The van der Waals surface area contributed by atoms with Gasteiger partial charge >= 0.3 is 6.03 Å². The van der Waals surface area contributed by atoms with Gasteiger partial charge in [-0.05, 0) is 42.5 Å². The lowest BCUT2D eigenvalue weighted by Gasteiger charge is -2.20. The number of hydrogen-bond acceptors (Lipinski definition) is 2. The molecule has 0 aliphatic carbocycles. The van der Waals surface area contributed by atoms with Gasteiger partial charge in [-0.2, -0.15) is 0 Å². The van der Waals surface area contributed by atoms with E-state index < -0.39 is 0 Å². The topological polar surface area (TPSA) is 52.7 Å². The lowest BCUT2D eigenvalue weighted by atomic mass is 10.1. The van der Waals surface area contributed by atoms with E-state index in [1.54, 1.807) is 25.2 Å². The second kappa shape index (κ2) is 6.49. The van der Waals surface area contributed by atoms with E-state index in [9.17, 15) is 14.0 Å². The lowest BCUT2D eigenvalue weighted by molar-refractivity contribution is 0.0993. The summed E-state index contributed by atoms with van der Waals surface area (Å²) in [6.07, 6.45) is 0. The Morgan fingerprint density at radius 3 is 2.58 bits per heavy atom. The van der Waals surface area contributed by atoms with Crippen LogP contribution >= 0.6 is 11.6 Å². The van der Waals surface area contributed by atoms with Crippen molar-refractivity contribution in [1.29, 1.82) is 0 Å². The number of benzene rings is 2. The molecule has 1 aliphatic rings. The minimum atomic E-state index is -0.367. The molecule has 0 saturated carbocycles. The van der Waals surface area contributed by atoms with Gasteiger partial charge in [0.2, 0.25) is 0 Å². The fraction of sp³-hybridized carbons (Fsp3) is 0.176. The minimum Gasteiger partial charge on any atom is -0.336 e. The molecule has 7 heteroatoms. The number of rotatable bonds is 3. The number of amides is 3. The molecule has 2 aromatic rings. The first-order chi connectivity index (χ1) is 11.5. The van der Waals surface area contributed by atoms with Gasteiger partial charge in [0.05, 0.1) is 10.7 Å². The summed E-state index contributed by atoms with van der Waals surface area (Å²) in [7, 11) is 1.60. The molecule has 0 unspecified atom stereocenters. The molecule has 24 heavy (non-hydrogen) atoms. The molecule has 0 bridgehead atoms. The van der Waals surface area contributed by atoms with Crippen molar-refractivity contribution in [2.45, 2.75) is 0 Å². The third-order valence-corrected chi connectivity index (χ3v) is 4.18. The first-order valence-electron chi connectivity index (χ1n) is 7.36. The molecule has 1 saturated heterocycles. The van der Waals surface area contributed by atoms with Crippen LogP contribution in [0.4, 0.5) is 20.6 Å². The van der Waals surface area contributed by atoms with Crippen LogP contribution in [0.3, 0.4) is 0 Å². The van der Waals surface area contributed by atoms with Gasteiger partial charge in [0.1, 0.15) is 5.82 Å². The van der Waals surface area contributed by atoms with E-state index in [1.165, 1.54) is 34.1 Å². The molecule has 2 aromatic carbocycles. The molecule has 124 valence electrons. The maximum absolute atomic E-state index is 13.0. The number of urea groups is 1. The van der Waals surface area contributed by atoms with Crippen molar-refractivity contribution in [3.8, 4) is 0 Å². The fourth-order valence-corrected chi connectivity index (χ4v) is 2.75. The van der Waals surface area contributed by atoms with E-state index in [2.05, 4.69) is 5.32 Å². The van der Waals surface area contributed by atoms with Gasteiger partial charge < -0.3 is 10.2 Å². The maximum atomic E-state index is 13.0. The average molecular weight is 348 g/mol. The molecule has 0 aromatic heterocycles.